The van der Waals surface area contributed by atoms with Crippen molar-refractivity contribution < 1.29 is 18.7 Å². The molecule has 0 unspecified atom stereocenters. The highest BCUT2D eigenvalue weighted by atomic mass is 35.5. The van der Waals surface area contributed by atoms with Crippen molar-refractivity contribution in [3.8, 4) is 0 Å². The molecule has 2 aromatic rings. The fourth-order valence-electron chi connectivity index (χ4n) is 4.48. The lowest BCUT2D eigenvalue weighted by molar-refractivity contribution is -0.139. The van der Waals surface area contributed by atoms with Crippen LogP contribution < -0.4 is 11.1 Å². The van der Waals surface area contributed by atoms with Crippen LogP contribution in [0.4, 0.5) is 8.78 Å². The Kier molecular flexibility index (Phi) is 6.68. The molecule has 1 fully saturated rings. The van der Waals surface area contributed by atoms with Crippen molar-refractivity contribution in [3.05, 3.63) is 69.2 Å². The maximum Gasteiger partial charge on any atom is 0.321 e. The second kappa shape index (κ2) is 8.66. The molecule has 4 N–H and O–H groups in total. The number of halogens is 4. The predicted molar refractivity (Wildman–Crippen MR) is 118 cm³/mol. The van der Waals surface area contributed by atoms with E-state index in [-0.39, 0.29) is 26.6 Å². The van der Waals surface area contributed by atoms with Crippen molar-refractivity contribution in [1.82, 2.24) is 5.32 Å². The van der Waals surface area contributed by atoms with E-state index in [4.69, 9.17) is 28.9 Å². The van der Waals surface area contributed by atoms with Gasteiger partial charge < -0.3 is 10.8 Å². The summed E-state index contributed by atoms with van der Waals surface area (Å²) < 4.78 is 30.3. The van der Waals surface area contributed by atoms with E-state index >= 15 is 8.78 Å². The molecular formula is C23H26Cl2F2N2O2. The largest absolute Gasteiger partial charge is 0.480 e. The van der Waals surface area contributed by atoms with Gasteiger partial charge in [-0.1, -0.05) is 68.6 Å². The first-order valence-electron chi connectivity index (χ1n) is 10.1. The first-order chi connectivity index (χ1) is 14.4. The minimum absolute atomic E-state index is 0.0288. The number of carboxylic acid groups (broad SMARTS) is 1. The van der Waals surface area contributed by atoms with Gasteiger partial charge in [-0.2, -0.15) is 0 Å². The highest BCUT2D eigenvalue weighted by molar-refractivity contribution is 6.31. The Morgan fingerprint density at radius 2 is 1.94 bits per heavy atom. The first kappa shape index (κ1) is 23.9. The van der Waals surface area contributed by atoms with Crippen molar-refractivity contribution in [2.45, 2.75) is 57.2 Å². The van der Waals surface area contributed by atoms with E-state index in [1.54, 1.807) is 0 Å². The summed E-state index contributed by atoms with van der Waals surface area (Å²) in [6.07, 6.45) is 1.24. The predicted octanol–water partition coefficient (Wildman–Crippen LogP) is 5.46. The van der Waals surface area contributed by atoms with Crippen molar-refractivity contribution in [2.75, 3.05) is 0 Å². The van der Waals surface area contributed by atoms with Crippen LogP contribution in [0.25, 0.3) is 0 Å². The molecule has 0 aromatic heterocycles. The van der Waals surface area contributed by atoms with E-state index in [0.717, 1.165) is 12.5 Å². The lowest BCUT2D eigenvalue weighted by Gasteiger charge is -2.40. The quantitative estimate of drug-likeness (QED) is 0.523. The molecule has 0 saturated carbocycles. The summed E-state index contributed by atoms with van der Waals surface area (Å²) >= 11 is 11.9. The van der Waals surface area contributed by atoms with Gasteiger partial charge in [0.05, 0.1) is 10.6 Å². The van der Waals surface area contributed by atoms with Crippen LogP contribution in [0.3, 0.4) is 0 Å². The fraction of sp³-hybridized carbons (Fsp3) is 0.435. The van der Waals surface area contributed by atoms with Gasteiger partial charge >= 0.3 is 5.97 Å². The molecular weight excluding hydrogens is 445 g/mol. The van der Waals surface area contributed by atoms with E-state index in [2.05, 4.69) is 5.32 Å². The molecule has 1 aliphatic rings. The molecule has 8 heteroatoms. The zero-order valence-corrected chi connectivity index (χ0v) is 19.1. The number of hydrogen-bond acceptors (Lipinski definition) is 3. The molecule has 1 aliphatic heterocycles. The molecule has 1 saturated heterocycles. The Bertz CT molecular complexity index is 1000. The molecule has 31 heavy (non-hydrogen) atoms. The molecule has 0 aliphatic carbocycles. The molecule has 168 valence electrons. The summed E-state index contributed by atoms with van der Waals surface area (Å²) in [5.74, 6) is -3.75. The maximum absolute atomic E-state index is 15.2. The topological polar surface area (TPSA) is 75.3 Å². The van der Waals surface area contributed by atoms with Gasteiger partial charge in [-0.15, -0.1) is 0 Å². The number of nitrogens with one attached hydrogen (secondary N) is 1. The number of hydrogen-bond donors (Lipinski definition) is 3. The van der Waals surface area contributed by atoms with Gasteiger partial charge in [-0.3, -0.25) is 10.1 Å². The van der Waals surface area contributed by atoms with Crippen molar-refractivity contribution in [3.63, 3.8) is 0 Å². The number of carbonyl (C=O) groups is 1. The molecule has 0 radical (unpaired) electrons. The molecule has 1 heterocycles. The maximum atomic E-state index is 15.2. The molecule has 4 atom stereocenters. The summed E-state index contributed by atoms with van der Waals surface area (Å²) in [4.78, 5) is 12.2. The molecule has 0 spiro atoms. The van der Waals surface area contributed by atoms with Crippen LogP contribution in [0.1, 0.15) is 50.7 Å². The van der Waals surface area contributed by atoms with Crippen LogP contribution in [-0.2, 0) is 10.3 Å². The summed E-state index contributed by atoms with van der Waals surface area (Å²) in [6.45, 7) is 6.06. The highest BCUT2D eigenvalue weighted by Gasteiger charge is 2.58. The normalized spacial score (nSPS) is 26.3. The second-order valence-electron chi connectivity index (χ2n) is 8.93. The van der Waals surface area contributed by atoms with Gasteiger partial charge in [-0.05, 0) is 35.6 Å². The number of rotatable bonds is 6. The third-order valence-corrected chi connectivity index (χ3v) is 7.03. The van der Waals surface area contributed by atoms with Gasteiger partial charge in [0.1, 0.15) is 17.7 Å². The summed E-state index contributed by atoms with van der Waals surface area (Å²) in [5, 5.41) is 13.1. The van der Waals surface area contributed by atoms with Crippen LogP contribution in [0, 0.1) is 17.0 Å². The molecule has 2 aromatic carbocycles. The second-order valence-corrected chi connectivity index (χ2v) is 9.78. The van der Waals surface area contributed by atoms with Gasteiger partial charge in [0, 0.05) is 22.5 Å². The fourth-order valence-corrected chi connectivity index (χ4v) is 4.82. The van der Waals surface area contributed by atoms with Crippen molar-refractivity contribution in [2.24, 2.45) is 11.1 Å². The average molecular weight is 471 g/mol. The third kappa shape index (κ3) is 4.31. The standard InChI is InChI=1S/C23H26Cl2F2N2O2/c1-4-22(2,3)11-17-23(28,14-9-8-12(24)10-16(14)26)18(20(29-17)21(30)31)13-6-5-7-15(25)19(13)27/h5-10,17-18,20,29H,4,11,28H2,1-3H3,(H,30,31)/t17-,18-,20+,23+/m0/s1. The lowest BCUT2D eigenvalue weighted by Crippen LogP contribution is -2.52. The smallest absolute Gasteiger partial charge is 0.321 e. The lowest BCUT2D eigenvalue weighted by atomic mass is 9.68. The van der Waals surface area contributed by atoms with Gasteiger partial charge in [0.15, 0.2) is 0 Å². The molecule has 4 nitrogen and oxygen atoms in total. The Balaban J connectivity index is 2.29. The van der Waals surface area contributed by atoms with Crippen molar-refractivity contribution in [1.29, 1.82) is 0 Å². The molecule has 0 bridgehead atoms. The zero-order chi connectivity index (χ0) is 23.1. The number of nitrogens with two attached hydrogens (primary N) is 1. The Labute approximate surface area is 190 Å². The van der Waals surface area contributed by atoms with Gasteiger partial charge in [0.25, 0.3) is 0 Å². The Morgan fingerprint density at radius 3 is 2.52 bits per heavy atom. The van der Waals surface area contributed by atoms with Crippen LogP contribution in [-0.4, -0.2) is 23.2 Å². The van der Waals surface area contributed by atoms with Gasteiger partial charge in [0.2, 0.25) is 0 Å². The Morgan fingerprint density at radius 1 is 1.26 bits per heavy atom. The Hall–Kier alpha value is -1.73. The molecule has 0 amide bonds. The zero-order valence-electron chi connectivity index (χ0n) is 17.6. The van der Waals surface area contributed by atoms with E-state index in [0.29, 0.717) is 6.42 Å². The summed E-state index contributed by atoms with van der Waals surface area (Å²) in [7, 11) is 0. The summed E-state index contributed by atoms with van der Waals surface area (Å²) in [5.41, 5.74) is 5.25. The van der Waals surface area contributed by atoms with E-state index < -0.39 is 41.1 Å². The van der Waals surface area contributed by atoms with Crippen LogP contribution in [0.15, 0.2) is 36.4 Å². The van der Waals surface area contributed by atoms with Gasteiger partial charge in [-0.25, -0.2) is 8.78 Å². The average Bonchev–Trinajstić information content (AvgIpc) is 2.97. The number of aliphatic carboxylic acids is 1. The summed E-state index contributed by atoms with van der Waals surface area (Å²) in [6, 6.07) is 6.53. The van der Waals surface area contributed by atoms with Crippen LogP contribution in [0.5, 0.6) is 0 Å². The monoisotopic (exact) mass is 470 g/mol. The third-order valence-electron chi connectivity index (χ3n) is 6.50. The highest BCUT2D eigenvalue weighted by Crippen LogP contribution is 2.50. The SMILES string of the molecule is CCC(C)(C)C[C@@H]1N[C@@H](C(=O)O)[C@H](c2cccc(Cl)c2F)[C@@]1(N)c1ccc(Cl)cc1F. The number of benzene rings is 2. The number of carboxylic acids is 1. The molecule has 3 rings (SSSR count). The van der Waals surface area contributed by atoms with Crippen molar-refractivity contribution >= 4 is 29.2 Å². The minimum Gasteiger partial charge on any atom is -0.480 e. The van der Waals surface area contributed by atoms with Crippen LogP contribution in [0.2, 0.25) is 10.0 Å². The van der Waals surface area contributed by atoms with E-state index in [1.165, 1.54) is 30.3 Å². The minimum atomic E-state index is -1.57. The first-order valence-corrected chi connectivity index (χ1v) is 10.8. The van der Waals surface area contributed by atoms with Crippen LogP contribution >= 0.6 is 23.2 Å². The van der Waals surface area contributed by atoms with E-state index in [9.17, 15) is 9.90 Å². The van der Waals surface area contributed by atoms with E-state index in [1.807, 2.05) is 20.8 Å².